The van der Waals surface area contributed by atoms with E-state index >= 15 is 0 Å². The molecule has 0 fully saturated rings. The Morgan fingerprint density at radius 3 is 2.47 bits per heavy atom. The van der Waals surface area contributed by atoms with Gasteiger partial charge in [-0.25, -0.2) is 0 Å². The van der Waals surface area contributed by atoms with Crippen LogP contribution in [-0.2, 0) is 7.05 Å². The molecule has 0 spiro atoms. The lowest BCUT2D eigenvalue weighted by molar-refractivity contribution is 0.890. The highest BCUT2D eigenvalue weighted by atomic mass is 15.0. The summed E-state index contributed by atoms with van der Waals surface area (Å²) < 4.78 is 2.05. The largest absolute Gasteiger partial charge is 0.347 e. The Hall–Kier alpha value is -2.01. The number of benzene rings is 1. The second kappa shape index (κ2) is 3.62. The van der Waals surface area contributed by atoms with E-state index in [1.165, 1.54) is 0 Å². The van der Waals surface area contributed by atoms with Crippen molar-refractivity contribution in [1.82, 2.24) is 4.57 Å². The van der Waals surface area contributed by atoms with E-state index in [0.717, 1.165) is 22.5 Å². The molecule has 0 saturated heterocycles. The van der Waals surface area contributed by atoms with Crippen LogP contribution in [0.5, 0.6) is 0 Å². The van der Waals surface area contributed by atoms with E-state index in [0.29, 0.717) is 0 Å². The molecule has 2 aromatic rings. The summed E-state index contributed by atoms with van der Waals surface area (Å²) in [4.78, 5) is 0. The van der Waals surface area contributed by atoms with Crippen LogP contribution < -0.4 is 0 Å². The van der Waals surface area contributed by atoms with Crippen LogP contribution in [0.1, 0.15) is 11.3 Å². The molecule has 0 bridgehead atoms. The van der Waals surface area contributed by atoms with Crippen LogP contribution in [-0.4, -0.2) is 4.57 Å². The van der Waals surface area contributed by atoms with Gasteiger partial charge in [-0.2, -0.15) is 5.26 Å². The highest BCUT2D eigenvalue weighted by Crippen LogP contribution is 2.25. The van der Waals surface area contributed by atoms with Gasteiger partial charge in [0.1, 0.15) is 6.07 Å². The molecule has 1 aromatic carbocycles. The van der Waals surface area contributed by atoms with Gasteiger partial charge in [0.25, 0.3) is 0 Å². The van der Waals surface area contributed by atoms with Gasteiger partial charge in [0.2, 0.25) is 0 Å². The van der Waals surface area contributed by atoms with Crippen molar-refractivity contribution >= 4 is 0 Å². The van der Waals surface area contributed by atoms with Gasteiger partial charge in [0, 0.05) is 12.7 Å². The van der Waals surface area contributed by atoms with Crippen molar-refractivity contribution in [2.45, 2.75) is 6.92 Å². The molecule has 15 heavy (non-hydrogen) atoms. The fourth-order valence-corrected chi connectivity index (χ4v) is 1.76. The molecule has 0 saturated carbocycles. The Kier molecular flexibility index (Phi) is 2.31. The molecule has 0 amide bonds. The van der Waals surface area contributed by atoms with Crippen LogP contribution in [0, 0.1) is 18.3 Å². The maximum Gasteiger partial charge on any atom is 0.101 e. The van der Waals surface area contributed by atoms with Gasteiger partial charge in [-0.1, -0.05) is 30.3 Å². The fourth-order valence-electron chi connectivity index (χ4n) is 1.76. The highest BCUT2D eigenvalue weighted by molar-refractivity contribution is 5.68. The van der Waals surface area contributed by atoms with E-state index < -0.39 is 0 Å². The Bertz CT molecular complexity index is 515. The Morgan fingerprint density at radius 1 is 1.20 bits per heavy atom. The van der Waals surface area contributed by atoms with Crippen LogP contribution in [0.3, 0.4) is 0 Å². The van der Waals surface area contributed by atoms with Gasteiger partial charge >= 0.3 is 0 Å². The highest BCUT2D eigenvalue weighted by Gasteiger charge is 2.10. The maximum atomic E-state index is 9.05. The topological polar surface area (TPSA) is 28.7 Å². The molecule has 0 aliphatic rings. The van der Waals surface area contributed by atoms with E-state index in [9.17, 15) is 0 Å². The summed E-state index contributed by atoms with van der Waals surface area (Å²) in [5.41, 5.74) is 3.92. The number of rotatable bonds is 1. The zero-order valence-electron chi connectivity index (χ0n) is 8.86. The quantitative estimate of drug-likeness (QED) is 0.689. The van der Waals surface area contributed by atoms with Crippen molar-refractivity contribution < 1.29 is 0 Å². The second-order valence-corrected chi connectivity index (χ2v) is 3.58. The van der Waals surface area contributed by atoms with Crippen molar-refractivity contribution in [2.75, 3.05) is 0 Å². The number of aryl methyl sites for hydroxylation is 1. The molecule has 0 aliphatic carbocycles. The molecule has 0 radical (unpaired) electrons. The van der Waals surface area contributed by atoms with Crippen LogP contribution >= 0.6 is 0 Å². The van der Waals surface area contributed by atoms with Gasteiger partial charge in [0.15, 0.2) is 0 Å². The predicted molar refractivity (Wildman–Crippen MR) is 60.3 cm³/mol. The van der Waals surface area contributed by atoms with Gasteiger partial charge in [0.05, 0.1) is 11.3 Å². The number of nitrogens with zero attached hydrogens (tertiary/aromatic N) is 2. The average molecular weight is 196 g/mol. The summed E-state index contributed by atoms with van der Waals surface area (Å²) in [5.74, 6) is 0. The normalized spacial score (nSPS) is 9.93. The summed E-state index contributed by atoms with van der Waals surface area (Å²) in [6.45, 7) is 2.01. The minimum Gasteiger partial charge on any atom is -0.347 e. The lowest BCUT2D eigenvalue weighted by Crippen LogP contribution is -1.94. The minimum atomic E-state index is 0.737. The van der Waals surface area contributed by atoms with Gasteiger partial charge < -0.3 is 4.57 Å². The van der Waals surface area contributed by atoms with Gasteiger partial charge in [-0.3, -0.25) is 0 Å². The zero-order valence-corrected chi connectivity index (χ0v) is 8.86. The van der Waals surface area contributed by atoms with Crippen LogP contribution in [0.15, 0.2) is 36.4 Å². The molecule has 1 aromatic heterocycles. The fraction of sp³-hybridized carbons (Fsp3) is 0.154. The lowest BCUT2D eigenvalue weighted by atomic mass is 10.1. The summed E-state index contributed by atoms with van der Waals surface area (Å²) in [7, 11) is 1.98. The average Bonchev–Trinajstić information content (AvgIpc) is 2.56. The molecule has 74 valence electrons. The smallest absolute Gasteiger partial charge is 0.101 e. The van der Waals surface area contributed by atoms with Crippen molar-refractivity contribution in [3.05, 3.63) is 47.7 Å². The van der Waals surface area contributed by atoms with E-state index in [2.05, 4.69) is 6.07 Å². The first kappa shape index (κ1) is 9.54. The molecular formula is C13H12N2. The minimum absolute atomic E-state index is 0.737. The molecule has 0 unspecified atom stereocenters. The Labute approximate surface area is 89.4 Å². The Morgan fingerprint density at radius 2 is 1.87 bits per heavy atom. The van der Waals surface area contributed by atoms with Crippen molar-refractivity contribution in [3.8, 4) is 17.3 Å². The first-order chi connectivity index (χ1) is 7.24. The Balaban J connectivity index is 2.68. The van der Waals surface area contributed by atoms with Gasteiger partial charge in [-0.15, -0.1) is 0 Å². The van der Waals surface area contributed by atoms with Crippen molar-refractivity contribution in [3.63, 3.8) is 0 Å². The molecule has 2 nitrogen and oxygen atoms in total. The molecule has 0 atom stereocenters. The standard InChI is InChI=1S/C13H12N2/c1-10-8-12(9-14)13(15(10)2)11-6-4-3-5-7-11/h3-8H,1-2H3. The first-order valence-corrected chi connectivity index (χ1v) is 4.86. The second-order valence-electron chi connectivity index (χ2n) is 3.58. The summed E-state index contributed by atoms with van der Waals surface area (Å²) in [5, 5.41) is 9.05. The van der Waals surface area contributed by atoms with E-state index in [1.54, 1.807) is 0 Å². The molecule has 1 heterocycles. The van der Waals surface area contributed by atoms with Crippen molar-refractivity contribution in [2.24, 2.45) is 7.05 Å². The predicted octanol–water partition coefficient (Wildman–Crippen LogP) is 2.87. The lowest BCUT2D eigenvalue weighted by Gasteiger charge is -2.05. The third-order valence-electron chi connectivity index (χ3n) is 2.64. The van der Waals surface area contributed by atoms with Crippen molar-refractivity contribution in [1.29, 1.82) is 5.26 Å². The van der Waals surface area contributed by atoms with Gasteiger partial charge in [-0.05, 0) is 18.6 Å². The summed E-state index contributed by atoms with van der Waals surface area (Å²) >= 11 is 0. The summed E-state index contributed by atoms with van der Waals surface area (Å²) in [6, 6.07) is 14.1. The number of hydrogen-bond acceptors (Lipinski definition) is 1. The van der Waals surface area contributed by atoms with Crippen LogP contribution in [0.2, 0.25) is 0 Å². The molecule has 2 rings (SSSR count). The van der Waals surface area contributed by atoms with Crippen LogP contribution in [0.4, 0.5) is 0 Å². The van der Waals surface area contributed by atoms with E-state index in [-0.39, 0.29) is 0 Å². The van der Waals surface area contributed by atoms with E-state index in [4.69, 9.17) is 5.26 Å². The third kappa shape index (κ3) is 1.53. The maximum absolute atomic E-state index is 9.05. The molecule has 0 N–H and O–H groups in total. The van der Waals surface area contributed by atoms with E-state index in [1.807, 2.05) is 54.9 Å². The zero-order chi connectivity index (χ0) is 10.8. The third-order valence-corrected chi connectivity index (χ3v) is 2.64. The number of nitriles is 1. The SMILES string of the molecule is Cc1cc(C#N)c(-c2ccccc2)n1C. The molecule has 2 heteroatoms. The monoisotopic (exact) mass is 196 g/mol. The van der Waals surface area contributed by atoms with Crippen LogP contribution in [0.25, 0.3) is 11.3 Å². The summed E-state index contributed by atoms with van der Waals surface area (Å²) in [6.07, 6.45) is 0. The number of aromatic nitrogens is 1. The molecular weight excluding hydrogens is 184 g/mol. The molecule has 0 aliphatic heterocycles. The first-order valence-electron chi connectivity index (χ1n) is 4.86. The number of hydrogen-bond donors (Lipinski definition) is 0.